The van der Waals surface area contributed by atoms with Crippen LogP contribution < -0.4 is 4.74 Å². The maximum Gasteiger partial charge on any atom is 0.130 e. The molecule has 0 radical (unpaired) electrons. The van der Waals surface area contributed by atoms with Gasteiger partial charge >= 0.3 is 0 Å². The first-order valence-electron chi connectivity index (χ1n) is 7.58. The number of rotatable bonds is 3. The van der Waals surface area contributed by atoms with Crippen LogP contribution in [0.2, 0.25) is 0 Å². The van der Waals surface area contributed by atoms with E-state index in [0.29, 0.717) is 0 Å². The number of ether oxygens (including phenoxy) is 1. The topological polar surface area (TPSA) is 9.23 Å². The average Bonchev–Trinajstić information content (AvgIpc) is 2.33. The lowest BCUT2D eigenvalue weighted by atomic mass is 9.80. The second kappa shape index (κ2) is 6.12. The lowest BCUT2D eigenvalue weighted by Gasteiger charge is -2.26. The smallest absolute Gasteiger partial charge is 0.130 e. The number of allylic oxidation sites excluding steroid dienone is 1. The predicted octanol–water partition coefficient (Wildman–Crippen LogP) is 5.77. The molecule has 0 saturated heterocycles. The number of hydrogen-bond acceptors (Lipinski definition) is 1. The van der Waals surface area contributed by atoms with Crippen molar-refractivity contribution in [3.8, 4) is 5.75 Å². The molecule has 0 aliphatic rings. The molecule has 0 atom stereocenters. The fraction of sp³-hybridized carbons (Fsp3) is 0.550. The summed E-state index contributed by atoms with van der Waals surface area (Å²) < 4.78 is 5.72. The Morgan fingerprint density at radius 3 is 2.10 bits per heavy atom. The van der Waals surface area contributed by atoms with Crippen molar-refractivity contribution in [2.45, 2.75) is 60.3 Å². The first kappa shape index (κ1) is 17.6. The van der Waals surface area contributed by atoms with Gasteiger partial charge in [0.15, 0.2) is 0 Å². The van der Waals surface area contributed by atoms with Crippen LogP contribution in [0.3, 0.4) is 0 Å². The Bertz CT molecular complexity index is 559. The summed E-state index contributed by atoms with van der Waals surface area (Å²) in [7, 11) is 1.75. The van der Waals surface area contributed by atoms with Crippen LogP contribution in [0.5, 0.6) is 5.75 Å². The van der Waals surface area contributed by atoms with Gasteiger partial charge in [0.1, 0.15) is 5.75 Å². The lowest BCUT2D eigenvalue weighted by molar-refractivity contribution is 0.377. The molecule has 0 bridgehead atoms. The maximum atomic E-state index is 5.72. The van der Waals surface area contributed by atoms with E-state index in [0.717, 1.165) is 23.3 Å². The third-order valence-corrected chi connectivity index (χ3v) is 3.63. The zero-order valence-electron chi connectivity index (χ0n) is 15.0. The summed E-state index contributed by atoms with van der Waals surface area (Å²) in [4.78, 5) is 0. The van der Waals surface area contributed by atoms with Crippen molar-refractivity contribution in [1.82, 2.24) is 0 Å². The van der Waals surface area contributed by atoms with E-state index in [9.17, 15) is 0 Å². The highest BCUT2D eigenvalue weighted by molar-refractivity contribution is 5.71. The molecule has 0 aromatic heterocycles. The minimum atomic E-state index is 0.106. The highest BCUT2D eigenvalue weighted by atomic mass is 16.5. The Morgan fingerprint density at radius 1 is 1.14 bits per heavy atom. The number of benzene rings is 1. The van der Waals surface area contributed by atoms with Crippen molar-refractivity contribution in [3.05, 3.63) is 41.1 Å². The first-order chi connectivity index (χ1) is 9.49. The van der Waals surface area contributed by atoms with Crippen molar-refractivity contribution in [2.24, 2.45) is 5.41 Å². The fourth-order valence-electron chi connectivity index (χ4n) is 2.44. The zero-order chi connectivity index (χ0) is 16.4. The van der Waals surface area contributed by atoms with Crippen molar-refractivity contribution >= 4 is 5.57 Å². The van der Waals surface area contributed by atoms with Gasteiger partial charge in [0, 0.05) is 11.1 Å². The predicted molar refractivity (Wildman–Crippen MR) is 93.1 cm³/mol. The summed E-state index contributed by atoms with van der Waals surface area (Å²) >= 11 is 0. The molecule has 116 valence electrons. The summed E-state index contributed by atoms with van der Waals surface area (Å²) in [6.07, 6.45) is 0.984. The summed E-state index contributed by atoms with van der Waals surface area (Å²) in [5, 5.41) is 0. The van der Waals surface area contributed by atoms with Gasteiger partial charge < -0.3 is 4.74 Å². The van der Waals surface area contributed by atoms with Crippen LogP contribution >= 0.6 is 0 Å². The Labute approximate surface area is 130 Å². The molecule has 0 spiro atoms. The molecule has 0 N–H and O–H groups in total. The molecular weight excluding hydrogens is 256 g/mol. The van der Waals surface area contributed by atoms with E-state index in [1.54, 1.807) is 7.11 Å². The van der Waals surface area contributed by atoms with Crippen molar-refractivity contribution in [3.63, 3.8) is 0 Å². The van der Waals surface area contributed by atoms with E-state index >= 15 is 0 Å². The molecule has 0 aliphatic carbocycles. The molecular formula is C20H30O. The third-order valence-electron chi connectivity index (χ3n) is 3.63. The SMILES string of the molecule is C=C=C(C)c1cc(C(C)(C)C)cc(CC(C)(C)C)c1OC. The van der Waals surface area contributed by atoms with Crippen molar-refractivity contribution in [2.75, 3.05) is 7.11 Å². The van der Waals surface area contributed by atoms with Crippen LogP contribution in [0.4, 0.5) is 0 Å². The summed E-state index contributed by atoms with van der Waals surface area (Å²) in [5.74, 6) is 0.964. The van der Waals surface area contributed by atoms with Crippen LogP contribution in [-0.2, 0) is 11.8 Å². The summed E-state index contributed by atoms with van der Waals surface area (Å²) in [6, 6.07) is 4.52. The lowest BCUT2D eigenvalue weighted by Crippen LogP contribution is -2.16. The molecule has 0 amide bonds. The molecule has 1 heteroatoms. The molecule has 21 heavy (non-hydrogen) atoms. The van der Waals surface area contributed by atoms with Crippen LogP contribution in [0.15, 0.2) is 24.4 Å². The van der Waals surface area contributed by atoms with E-state index in [1.165, 1.54) is 11.1 Å². The van der Waals surface area contributed by atoms with Gasteiger partial charge in [-0.2, -0.15) is 0 Å². The van der Waals surface area contributed by atoms with Gasteiger partial charge in [-0.1, -0.05) is 54.2 Å². The van der Waals surface area contributed by atoms with Gasteiger partial charge in [0.2, 0.25) is 0 Å². The van der Waals surface area contributed by atoms with Crippen LogP contribution in [-0.4, -0.2) is 7.11 Å². The van der Waals surface area contributed by atoms with Gasteiger partial charge in [-0.25, -0.2) is 0 Å². The molecule has 0 fully saturated rings. The van der Waals surface area contributed by atoms with Crippen LogP contribution in [0.1, 0.15) is 65.2 Å². The van der Waals surface area contributed by atoms with Crippen molar-refractivity contribution in [1.29, 1.82) is 0 Å². The molecule has 0 aliphatic heterocycles. The second-order valence-corrected chi connectivity index (χ2v) is 8.01. The highest BCUT2D eigenvalue weighted by Crippen LogP contribution is 2.37. The Balaban J connectivity index is 3.64. The Morgan fingerprint density at radius 2 is 1.71 bits per heavy atom. The Hall–Kier alpha value is -1.46. The number of methoxy groups -OCH3 is 1. The standard InChI is InChI=1S/C20H30O/c1-10-14(2)17-12-16(20(6,7)8)11-15(18(17)21-9)13-19(3,4)5/h11-12H,1,13H2,2-9H3. The van der Waals surface area contributed by atoms with Crippen LogP contribution in [0, 0.1) is 5.41 Å². The largest absolute Gasteiger partial charge is 0.496 e. The monoisotopic (exact) mass is 286 g/mol. The average molecular weight is 286 g/mol. The van der Waals surface area contributed by atoms with Gasteiger partial charge in [0.25, 0.3) is 0 Å². The molecule has 1 rings (SSSR count). The molecule has 0 saturated carbocycles. The van der Waals surface area contributed by atoms with Gasteiger partial charge in [0.05, 0.1) is 7.11 Å². The molecule has 1 aromatic rings. The normalized spacial score (nSPS) is 12.0. The third kappa shape index (κ3) is 4.51. The molecule has 1 aromatic carbocycles. The van der Waals surface area contributed by atoms with Crippen LogP contribution in [0.25, 0.3) is 5.57 Å². The van der Waals surface area contributed by atoms with Gasteiger partial charge in [-0.05, 0) is 41.4 Å². The zero-order valence-corrected chi connectivity index (χ0v) is 15.0. The fourth-order valence-corrected chi connectivity index (χ4v) is 2.44. The maximum absolute atomic E-state index is 5.72. The van der Waals surface area contributed by atoms with E-state index in [2.05, 4.69) is 66.0 Å². The van der Waals surface area contributed by atoms with Crippen molar-refractivity contribution < 1.29 is 4.74 Å². The minimum Gasteiger partial charge on any atom is -0.496 e. The van der Waals surface area contributed by atoms with Gasteiger partial charge in [-0.15, -0.1) is 5.73 Å². The number of hydrogen-bond donors (Lipinski definition) is 0. The highest BCUT2D eigenvalue weighted by Gasteiger charge is 2.22. The Kier molecular flexibility index (Phi) is 5.12. The minimum absolute atomic E-state index is 0.106. The summed E-state index contributed by atoms with van der Waals surface area (Å²) in [5.41, 5.74) is 8.07. The summed E-state index contributed by atoms with van der Waals surface area (Å²) in [6.45, 7) is 19.3. The van der Waals surface area contributed by atoms with Gasteiger partial charge in [-0.3, -0.25) is 0 Å². The first-order valence-corrected chi connectivity index (χ1v) is 7.58. The molecule has 1 nitrogen and oxygen atoms in total. The van der Waals surface area contributed by atoms with E-state index < -0.39 is 0 Å². The quantitative estimate of drug-likeness (QED) is 0.641. The van der Waals surface area contributed by atoms with E-state index in [-0.39, 0.29) is 10.8 Å². The molecule has 0 unspecified atom stereocenters. The van der Waals surface area contributed by atoms with E-state index in [1.807, 2.05) is 6.92 Å². The van der Waals surface area contributed by atoms with E-state index in [4.69, 9.17) is 4.74 Å². The second-order valence-electron chi connectivity index (χ2n) is 8.01. The molecule has 0 heterocycles.